The fourth-order valence-electron chi connectivity index (χ4n) is 1.67. The molecule has 2 rings (SSSR count). The second kappa shape index (κ2) is 7.68. The molecule has 22 heavy (non-hydrogen) atoms. The summed E-state index contributed by atoms with van der Waals surface area (Å²) in [5.41, 5.74) is 0.959. The molecule has 1 amide bonds. The number of hydrogen-bond acceptors (Lipinski definition) is 5. The molecular weight excluding hydrogens is 282 g/mol. The lowest BCUT2D eigenvalue weighted by molar-refractivity contribution is -0.138. The molecule has 0 aliphatic rings. The minimum absolute atomic E-state index is 0.0226. The minimum atomic E-state index is -0.620. The zero-order valence-electron chi connectivity index (χ0n) is 12.0. The first-order valence-electron chi connectivity index (χ1n) is 6.72. The Balaban J connectivity index is 2.24. The van der Waals surface area contributed by atoms with Crippen molar-refractivity contribution < 1.29 is 14.3 Å². The van der Waals surface area contributed by atoms with E-state index in [1.807, 2.05) is 0 Å². The van der Waals surface area contributed by atoms with Crippen LogP contribution >= 0.6 is 0 Å². The van der Waals surface area contributed by atoms with Gasteiger partial charge >= 0.3 is 5.97 Å². The standard InChI is InChI=1S/C16H15N3O3/c1-2-22-16(21)14(10-13-8-9-17-11-18-13)19-15(20)12-6-4-3-5-7-12/h3-11H,2H2,1H3,(H,19,20)/b14-10-. The first kappa shape index (κ1) is 15.4. The van der Waals surface area contributed by atoms with Crippen LogP contribution in [0, 0.1) is 0 Å². The number of nitrogens with one attached hydrogen (secondary N) is 1. The molecule has 0 unspecified atom stereocenters. The maximum Gasteiger partial charge on any atom is 0.354 e. The number of nitrogens with zero attached hydrogens (tertiary/aromatic N) is 2. The maximum atomic E-state index is 12.2. The number of ether oxygens (including phenoxy) is 1. The number of amides is 1. The number of aromatic nitrogens is 2. The molecule has 1 heterocycles. The minimum Gasteiger partial charge on any atom is -0.461 e. The quantitative estimate of drug-likeness (QED) is 0.672. The van der Waals surface area contributed by atoms with Crippen molar-refractivity contribution in [2.45, 2.75) is 6.92 Å². The van der Waals surface area contributed by atoms with Gasteiger partial charge in [-0.1, -0.05) is 18.2 Å². The molecule has 1 aromatic carbocycles. The lowest BCUT2D eigenvalue weighted by Gasteiger charge is -2.09. The molecule has 2 aromatic rings. The highest BCUT2D eigenvalue weighted by Crippen LogP contribution is 2.06. The molecule has 6 heteroatoms. The highest BCUT2D eigenvalue weighted by Gasteiger charge is 2.15. The Morgan fingerprint density at radius 3 is 2.64 bits per heavy atom. The molecule has 0 fully saturated rings. The molecule has 0 saturated heterocycles. The third-order valence-electron chi connectivity index (χ3n) is 2.68. The molecule has 0 saturated carbocycles. The Hall–Kier alpha value is -3.02. The predicted octanol–water partition coefficient (Wildman–Crippen LogP) is 1.81. The number of benzene rings is 1. The van der Waals surface area contributed by atoms with Gasteiger partial charge in [0.05, 0.1) is 12.3 Å². The Morgan fingerprint density at radius 1 is 1.23 bits per heavy atom. The van der Waals surface area contributed by atoms with Crippen molar-refractivity contribution in [2.75, 3.05) is 6.61 Å². The first-order chi connectivity index (χ1) is 10.7. The van der Waals surface area contributed by atoms with Gasteiger partial charge in [-0.25, -0.2) is 14.8 Å². The molecule has 0 aliphatic carbocycles. The van der Waals surface area contributed by atoms with E-state index in [4.69, 9.17) is 4.74 Å². The van der Waals surface area contributed by atoms with Crippen LogP contribution in [0.4, 0.5) is 0 Å². The number of carbonyl (C=O) groups excluding carboxylic acids is 2. The van der Waals surface area contributed by atoms with Crippen LogP contribution in [0.15, 0.2) is 54.6 Å². The summed E-state index contributed by atoms with van der Waals surface area (Å²) >= 11 is 0. The lowest BCUT2D eigenvalue weighted by Crippen LogP contribution is -2.28. The highest BCUT2D eigenvalue weighted by atomic mass is 16.5. The largest absolute Gasteiger partial charge is 0.461 e. The second-order valence-corrected chi connectivity index (χ2v) is 4.23. The maximum absolute atomic E-state index is 12.2. The number of hydrogen-bond donors (Lipinski definition) is 1. The summed E-state index contributed by atoms with van der Waals surface area (Å²) in [6, 6.07) is 10.2. The first-order valence-corrected chi connectivity index (χ1v) is 6.72. The summed E-state index contributed by atoms with van der Waals surface area (Å²) in [6.45, 7) is 1.90. The van der Waals surface area contributed by atoms with E-state index in [9.17, 15) is 9.59 Å². The van der Waals surface area contributed by atoms with Crippen LogP contribution in [0.3, 0.4) is 0 Å². The van der Waals surface area contributed by atoms with E-state index < -0.39 is 11.9 Å². The number of carbonyl (C=O) groups is 2. The van der Waals surface area contributed by atoms with Crippen LogP contribution in [0.5, 0.6) is 0 Å². The molecule has 1 N–H and O–H groups in total. The van der Waals surface area contributed by atoms with Crippen molar-refractivity contribution in [3.8, 4) is 0 Å². The van der Waals surface area contributed by atoms with E-state index in [1.54, 1.807) is 49.5 Å². The van der Waals surface area contributed by atoms with E-state index >= 15 is 0 Å². The van der Waals surface area contributed by atoms with E-state index in [2.05, 4.69) is 15.3 Å². The predicted molar refractivity (Wildman–Crippen MR) is 80.6 cm³/mol. The van der Waals surface area contributed by atoms with Crippen molar-refractivity contribution in [3.05, 3.63) is 65.9 Å². The van der Waals surface area contributed by atoms with Crippen molar-refractivity contribution in [1.29, 1.82) is 0 Å². The van der Waals surface area contributed by atoms with Crippen molar-refractivity contribution >= 4 is 18.0 Å². The van der Waals surface area contributed by atoms with Gasteiger partial charge in [0.1, 0.15) is 12.0 Å². The Labute approximate surface area is 127 Å². The third kappa shape index (κ3) is 4.24. The van der Waals surface area contributed by atoms with Crippen LogP contribution in [0.25, 0.3) is 6.08 Å². The monoisotopic (exact) mass is 297 g/mol. The fraction of sp³-hybridized carbons (Fsp3) is 0.125. The molecule has 0 atom stereocenters. The average Bonchev–Trinajstić information content (AvgIpc) is 2.56. The highest BCUT2D eigenvalue weighted by molar-refractivity contribution is 6.03. The zero-order valence-corrected chi connectivity index (χ0v) is 12.0. The van der Waals surface area contributed by atoms with Gasteiger partial charge in [0.2, 0.25) is 0 Å². The van der Waals surface area contributed by atoms with Gasteiger partial charge in [-0.15, -0.1) is 0 Å². The number of rotatable bonds is 5. The average molecular weight is 297 g/mol. The fourth-order valence-corrected chi connectivity index (χ4v) is 1.67. The van der Waals surface area contributed by atoms with Gasteiger partial charge in [-0.2, -0.15) is 0 Å². The molecule has 0 aliphatic heterocycles. The van der Waals surface area contributed by atoms with Crippen LogP contribution in [0.2, 0.25) is 0 Å². The van der Waals surface area contributed by atoms with E-state index in [0.717, 1.165) is 0 Å². The normalized spacial score (nSPS) is 10.9. The molecule has 0 radical (unpaired) electrons. The topological polar surface area (TPSA) is 81.2 Å². The number of esters is 1. The lowest BCUT2D eigenvalue weighted by atomic mass is 10.2. The molecule has 112 valence electrons. The molecule has 0 bridgehead atoms. The van der Waals surface area contributed by atoms with Crippen LogP contribution < -0.4 is 5.32 Å². The molecule has 1 aromatic heterocycles. The zero-order chi connectivity index (χ0) is 15.8. The summed E-state index contributed by atoms with van der Waals surface area (Å²) in [5, 5.41) is 2.55. The summed E-state index contributed by atoms with van der Waals surface area (Å²) in [6.07, 6.45) is 4.34. The van der Waals surface area contributed by atoms with Crippen LogP contribution in [-0.2, 0) is 9.53 Å². The Kier molecular flexibility index (Phi) is 5.37. The summed E-state index contributed by atoms with van der Waals surface area (Å²) < 4.78 is 4.95. The summed E-state index contributed by atoms with van der Waals surface area (Å²) in [5.74, 6) is -1.01. The van der Waals surface area contributed by atoms with Gasteiger partial charge < -0.3 is 10.1 Å². The second-order valence-electron chi connectivity index (χ2n) is 4.23. The van der Waals surface area contributed by atoms with Gasteiger partial charge in [-0.05, 0) is 31.2 Å². The van der Waals surface area contributed by atoms with E-state index in [-0.39, 0.29) is 12.3 Å². The van der Waals surface area contributed by atoms with Gasteiger partial charge in [0.25, 0.3) is 5.91 Å². The van der Waals surface area contributed by atoms with E-state index in [0.29, 0.717) is 11.3 Å². The van der Waals surface area contributed by atoms with Gasteiger partial charge in [0, 0.05) is 11.8 Å². The van der Waals surface area contributed by atoms with Crippen molar-refractivity contribution in [1.82, 2.24) is 15.3 Å². The van der Waals surface area contributed by atoms with E-state index in [1.165, 1.54) is 12.4 Å². The Morgan fingerprint density at radius 2 is 2.00 bits per heavy atom. The SMILES string of the molecule is CCOC(=O)/C(=C/c1ccncn1)NC(=O)c1ccccc1. The smallest absolute Gasteiger partial charge is 0.354 e. The van der Waals surface area contributed by atoms with Crippen molar-refractivity contribution in [3.63, 3.8) is 0 Å². The molecule has 6 nitrogen and oxygen atoms in total. The molecular formula is C16H15N3O3. The van der Waals surface area contributed by atoms with Crippen LogP contribution in [0.1, 0.15) is 23.0 Å². The Bertz CT molecular complexity index is 670. The summed E-state index contributed by atoms with van der Waals surface area (Å²) in [4.78, 5) is 31.9. The van der Waals surface area contributed by atoms with Gasteiger partial charge in [0.15, 0.2) is 0 Å². The van der Waals surface area contributed by atoms with Crippen LogP contribution in [-0.4, -0.2) is 28.5 Å². The third-order valence-corrected chi connectivity index (χ3v) is 2.68. The van der Waals surface area contributed by atoms with Gasteiger partial charge in [-0.3, -0.25) is 4.79 Å². The molecule has 0 spiro atoms. The van der Waals surface area contributed by atoms with Crippen molar-refractivity contribution in [2.24, 2.45) is 0 Å². The summed E-state index contributed by atoms with van der Waals surface area (Å²) in [7, 11) is 0.